The highest BCUT2D eigenvalue weighted by atomic mass is 16.6. The van der Waals surface area contributed by atoms with Crippen LogP contribution >= 0.6 is 0 Å². The van der Waals surface area contributed by atoms with Crippen molar-refractivity contribution in [2.75, 3.05) is 13.2 Å². The molecule has 2 aromatic rings. The molecule has 2 aliphatic rings. The fourth-order valence-electron chi connectivity index (χ4n) is 2.40. The van der Waals surface area contributed by atoms with Crippen LogP contribution in [0.25, 0.3) is 5.69 Å². The number of ether oxygens (including phenoxy) is 2. The Bertz CT molecular complexity index is 720. The smallest absolute Gasteiger partial charge is 0.351 e. The molecule has 2 fully saturated rings. The molecule has 0 radical (unpaired) electrons. The van der Waals surface area contributed by atoms with E-state index in [1.807, 2.05) is 6.07 Å². The second-order valence-electron chi connectivity index (χ2n) is 5.31. The number of benzene rings is 1. The van der Waals surface area contributed by atoms with E-state index < -0.39 is 0 Å². The van der Waals surface area contributed by atoms with Crippen LogP contribution < -0.4 is 11.4 Å². The Labute approximate surface area is 119 Å². The molecule has 7 nitrogen and oxygen atoms in total. The first-order chi connectivity index (χ1) is 10.2. The molecule has 2 unspecified atom stereocenters. The number of hydrogen-bond donors (Lipinski definition) is 0. The average Bonchev–Trinajstić information content (AvgIpc) is 3.38. The molecule has 21 heavy (non-hydrogen) atoms. The van der Waals surface area contributed by atoms with E-state index in [2.05, 4.69) is 0 Å². The lowest BCUT2D eigenvalue weighted by Crippen LogP contribution is -2.30. The van der Waals surface area contributed by atoms with E-state index in [9.17, 15) is 9.59 Å². The summed E-state index contributed by atoms with van der Waals surface area (Å²) in [5.41, 5.74) is -0.0851. The van der Waals surface area contributed by atoms with Crippen LogP contribution in [0, 0.1) is 0 Å². The van der Waals surface area contributed by atoms with Gasteiger partial charge in [-0.2, -0.15) is 0 Å². The molecule has 2 aliphatic heterocycles. The van der Waals surface area contributed by atoms with E-state index in [0.717, 1.165) is 0 Å². The van der Waals surface area contributed by atoms with Crippen LogP contribution in [0.1, 0.15) is 0 Å². The Hall–Kier alpha value is -2.12. The average molecular weight is 289 g/mol. The van der Waals surface area contributed by atoms with Gasteiger partial charge in [0, 0.05) is 0 Å². The lowest BCUT2D eigenvalue weighted by atomic mass is 10.3. The molecular weight excluding hydrogens is 274 g/mol. The van der Waals surface area contributed by atoms with Gasteiger partial charge in [-0.05, 0) is 12.1 Å². The first-order valence-corrected chi connectivity index (χ1v) is 6.95. The van der Waals surface area contributed by atoms with Crippen molar-refractivity contribution < 1.29 is 9.47 Å². The fourth-order valence-corrected chi connectivity index (χ4v) is 2.40. The lowest BCUT2D eigenvalue weighted by Gasteiger charge is -2.05. The zero-order valence-electron chi connectivity index (χ0n) is 11.3. The normalized spacial score (nSPS) is 23.2. The molecule has 7 heteroatoms. The summed E-state index contributed by atoms with van der Waals surface area (Å²) in [5.74, 6) is 0. The summed E-state index contributed by atoms with van der Waals surface area (Å²) >= 11 is 0. The van der Waals surface area contributed by atoms with E-state index in [1.165, 1.54) is 13.9 Å². The van der Waals surface area contributed by atoms with Crippen LogP contribution in [0.2, 0.25) is 0 Å². The number of hydrogen-bond acceptors (Lipinski definition) is 4. The maximum Gasteiger partial charge on any atom is 0.351 e. The molecule has 0 spiro atoms. The molecule has 3 heterocycles. The van der Waals surface area contributed by atoms with Crippen LogP contribution in [0.5, 0.6) is 0 Å². The fraction of sp³-hybridized carbons (Fsp3) is 0.429. The summed E-state index contributed by atoms with van der Waals surface area (Å²) in [4.78, 5) is 25.2. The minimum Gasteiger partial charge on any atom is -0.371 e. The summed E-state index contributed by atoms with van der Waals surface area (Å²) in [6, 6.07) is 8.95. The minimum absolute atomic E-state index is 0.0279. The van der Waals surface area contributed by atoms with Gasteiger partial charge >= 0.3 is 11.4 Å². The van der Waals surface area contributed by atoms with E-state index in [1.54, 1.807) is 24.3 Å². The SMILES string of the molecule is O=c1n(-c2ccccc2)c(=O)n(CC2CO2)n1CC1CO1. The zero-order valence-corrected chi connectivity index (χ0v) is 11.3. The number of para-hydroxylation sites is 1. The summed E-state index contributed by atoms with van der Waals surface area (Å²) in [6.45, 7) is 2.08. The zero-order chi connectivity index (χ0) is 14.4. The van der Waals surface area contributed by atoms with E-state index >= 15 is 0 Å². The van der Waals surface area contributed by atoms with Gasteiger partial charge in [0.05, 0.1) is 32.0 Å². The third-order valence-corrected chi connectivity index (χ3v) is 3.69. The molecule has 2 atom stereocenters. The quantitative estimate of drug-likeness (QED) is 0.702. The van der Waals surface area contributed by atoms with Crippen molar-refractivity contribution in [3.63, 3.8) is 0 Å². The minimum atomic E-state index is -0.331. The number of nitrogens with zero attached hydrogens (tertiary/aromatic N) is 3. The predicted octanol–water partition coefficient (Wildman–Crippen LogP) is -0.402. The molecule has 110 valence electrons. The van der Waals surface area contributed by atoms with E-state index in [0.29, 0.717) is 32.0 Å². The van der Waals surface area contributed by atoms with Gasteiger partial charge in [0.1, 0.15) is 12.2 Å². The number of rotatable bonds is 5. The summed E-state index contributed by atoms with van der Waals surface area (Å²) in [7, 11) is 0. The van der Waals surface area contributed by atoms with Gasteiger partial charge in [-0.3, -0.25) is 0 Å². The standard InChI is InChI=1S/C14H15N3O4/c18-13-15(6-11-8-20-11)16(7-12-9-21-12)14(19)17(13)10-4-2-1-3-5-10/h1-5,11-12H,6-9H2. The Morgan fingerprint density at radius 1 is 0.905 bits per heavy atom. The molecule has 0 saturated carbocycles. The first kappa shape index (κ1) is 12.6. The molecule has 2 saturated heterocycles. The molecule has 1 aromatic heterocycles. The van der Waals surface area contributed by atoms with Crippen molar-refractivity contribution in [2.45, 2.75) is 25.3 Å². The maximum atomic E-state index is 12.6. The first-order valence-electron chi connectivity index (χ1n) is 6.95. The van der Waals surface area contributed by atoms with E-state index in [4.69, 9.17) is 9.47 Å². The van der Waals surface area contributed by atoms with Crippen LogP contribution in [-0.4, -0.2) is 39.4 Å². The Kier molecular flexibility index (Phi) is 2.83. The topological polar surface area (TPSA) is 74.0 Å². The monoisotopic (exact) mass is 289 g/mol. The van der Waals surface area contributed by atoms with Crippen molar-refractivity contribution in [1.29, 1.82) is 0 Å². The Morgan fingerprint density at radius 3 is 1.81 bits per heavy atom. The highest BCUT2D eigenvalue weighted by molar-refractivity contribution is 5.30. The summed E-state index contributed by atoms with van der Waals surface area (Å²) < 4.78 is 14.5. The van der Waals surface area contributed by atoms with Crippen molar-refractivity contribution in [3.8, 4) is 5.69 Å². The molecule has 4 rings (SSSR count). The molecule has 0 N–H and O–H groups in total. The van der Waals surface area contributed by atoms with Gasteiger partial charge in [-0.15, -0.1) is 0 Å². The van der Waals surface area contributed by atoms with Gasteiger partial charge in [-0.25, -0.2) is 23.5 Å². The second kappa shape index (κ2) is 4.71. The van der Waals surface area contributed by atoms with Crippen molar-refractivity contribution in [1.82, 2.24) is 13.9 Å². The third-order valence-electron chi connectivity index (χ3n) is 3.69. The van der Waals surface area contributed by atoms with Crippen LogP contribution in [0.3, 0.4) is 0 Å². The van der Waals surface area contributed by atoms with Gasteiger partial charge in [-0.1, -0.05) is 18.2 Å². The predicted molar refractivity (Wildman–Crippen MR) is 73.8 cm³/mol. The summed E-state index contributed by atoms with van der Waals surface area (Å²) in [6.07, 6.45) is 0.0557. The Morgan fingerprint density at radius 2 is 1.38 bits per heavy atom. The van der Waals surface area contributed by atoms with Gasteiger partial charge < -0.3 is 9.47 Å². The van der Waals surface area contributed by atoms with Gasteiger partial charge in [0.15, 0.2) is 0 Å². The summed E-state index contributed by atoms with van der Waals surface area (Å²) in [5, 5.41) is 0. The number of aromatic nitrogens is 3. The molecule has 1 aromatic carbocycles. The van der Waals surface area contributed by atoms with Crippen molar-refractivity contribution in [3.05, 3.63) is 51.3 Å². The van der Waals surface area contributed by atoms with Crippen molar-refractivity contribution in [2.24, 2.45) is 0 Å². The maximum absolute atomic E-state index is 12.6. The number of epoxide rings is 2. The largest absolute Gasteiger partial charge is 0.371 e. The van der Waals surface area contributed by atoms with Crippen LogP contribution in [-0.2, 0) is 22.6 Å². The highest BCUT2D eigenvalue weighted by Gasteiger charge is 2.30. The van der Waals surface area contributed by atoms with Gasteiger partial charge in [0.2, 0.25) is 0 Å². The molecule has 0 amide bonds. The third kappa shape index (κ3) is 2.34. The van der Waals surface area contributed by atoms with Crippen molar-refractivity contribution >= 4 is 0 Å². The Balaban J connectivity index is 1.84. The van der Waals surface area contributed by atoms with Crippen LogP contribution in [0.15, 0.2) is 39.9 Å². The molecule has 0 bridgehead atoms. The molecule has 0 aliphatic carbocycles. The second-order valence-corrected chi connectivity index (χ2v) is 5.31. The lowest BCUT2D eigenvalue weighted by molar-refractivity contribution is 0.314. The van der Waals surface area contributed by atoms with Crippen LogP contribution in [0.4, 0.5) is 0 Å². The highest BCUT2D eigenvalue weighted by Crippen LogP contribution is 2.13. The molecular formula is C14H15N3O4. The van der Waals surface area contributed by atoms with Gasteiger partial charge in [0.25, 0.3) is 0 Å². The van der Waals surface area contributed by atoms with E-state index in [-0.39, 0.29) is 23.6 Å².